The second-order valence-corrected chi connectivity index (χ2v) is 17.4. The van der Waals surface area contributed by atoms with Gasteiger partial charge in [0.25, 0.3) is 0 Å². The van der Waals surface area contributed by atoms with Crippen LogP contribution in [0.25, 0.3) is 11.1 Å². The first kappa shape index (κ1) is 33.8. The monoisotopic (exact) mass is 712 g/mol. The number of hydrogen-bond donors (Lipinski definition) is 1. The summed E-state index contributed by atoms with van der Waals surface area (Å²) >= 11 is 0. The fraction of sp³-hybridized carbons (Fsp3) is 0.628. The maximum absolute atomic E-state index is 10.6. The van der Waals surface area contributed by atoms with Gasteiger partial charge in [-0.1, -0.05) is 37.4 Å². The molecule has 0 radical (unpaired) electrons. The number of aliphatic hydroxyl groups is 1. The van der Waals surface area contributed by atoms with Crippen molar-refractivity contribution in [2.45, 2.75) is 94.1 Å². The van der Waals surface area contributed by atoms with E-state index in [0.29, 0.717) is 48.4 Å². The molecular weight excluding hydrogens is 660 g/mol. The lowest BCUT2D eigenvalue weighted by atomic mass is 9.53. The van der Waals surface area contributed by atoms with E-state index >= 15 is 0 Å². The molecule has 0 aromatic heterocycles. The van der Waals surface area contributed by atoms with Crippen LogP contribution in [0.15, 0.2) is 61.7 Å². The molecule has 52 heavy (non-hydrogen) atoms. The van der Waals surface area contributed by atoms with Crippen LogP contribution in [0.2, 0.25) is 0 Å². The van der Waals surface area contributed by atoms with Gasteiger partial charge < -0.3 is 24.1 Å². The van der Waals surface area contributed by atoms with Crippen LogP contribution >= 0.6 is 0 Å². The molecule has 2 atom stereocenters. The minimum absolute atomic E-state index is 0.0955. The Kier molecular flexibility index (Phi) is 8.59. The number of aliphatic hydroxyl groups excluding tert-OH is 1. The van der Waals surface area contributed by atoms with Gasteiger partial charge >= 0.3 is 0 Å². The molecule has 278 valence electrons. The number of rotatable bonds is 10. The fourth-order valence-corrected chi connectivity index (χ4v) is 11.9. The highest BCUT2D eigenvalue weighted by atomic mass is 17.2. The van der Waals surface area contributed by atoms with Crippen LogP contribution in [0.3, 0.4) is 0 Å². The zero-order valence-corrected chi connectivity index (χ0v) is 30.0. The summed E-state index contributed by atoms with van der Waals surface area (Å²) in [7, 11) is 0. The molecular formula is C43H52O9. The average Bonchev–Trinajstić information content (AvgIpc) is 3.17. The minimum Gasteiger partial charge on any atom is -0.491 e. The molecule has 1 N–H and O–H groups in total. The lowest BCUT2D eigenvalue weighted by Gasteiger charge is -2.60. The first-order chi connectivity index (χ1) is 25.3. The Morgan fingerprint density at radius 2 is 0.923 bits per heavy atom. The molecule has 2 aromatic rings. The Morgan fingerprint density at radius 1 is 0.577 bits per heavy atom. The van der Waals surface area contributed by atoms with Crippen molar-refractivity contribution in [1.29, 1.82) is 0 Å². The van der Waals surface area contributed by atoms with E-state index in [-0.39, 0.29) is 25.4 Å². The van der Waals surface area contributed by atoms with E-state index in [1.54, 1.807) is 0 Å². The van der Waals surface area contributed by atoms with Crippen LogP contribution in [0.5, 0.6) is 11.5 Å². The van der Waals surface area contributed by atoms with Gasteiger partial charge in [-0.3, -0.25) is 0 Å². The quantitative estimate of drug-likeness (QED) is 0.251. The van der Waals surface area contributed by atoms with E-state index in [0.717, 1.165) is 45.9 Å². The highest BCUT2D eigenvalue weighted by Gasteiger charge is 2.63. The molecule has 2 aliphatic heterocycles. The predicted octanol–water partition coefficient (Wildman–Crippen LogP) is 7.53. The molecule has 2 spiro atoms. The van der Waals surface area contributed by atoms with Crippen molar-refractivity contribution in [1.82, 2.24) is 0 Å². The van der Waals surface area contributed by atoms with Gasteiger partial charge in [0.1, 0.15) is 43.0 Å². The largest absolute Gasteiger partial charge is 0.491 e. The second-order valence-electron chi connectivity index (χ2n) is 17.4. The van der Waals surface area contributed by atoms with Crippen molar-refractivity contribution >= 4 is 11.1 Å². The van der Waals surface area contributed by atoms with Gasteiger partial charge in [-0.25, -0.2) is 9.78 Å². The van der Waals surface area contributed by atoms with Crippen molar-refractivity contribution in [2.24, 2.45) is 47.3 Å². The predicted molar refractivity (Wildman–Crippen MR) is 191 cm³/mol. The van der Waals surface area contributed by atoms with Gasteiger partial charge in [0.05, 0.1) is 13.2 Å². The summed E-state index contributed by atoms with van der Waals surface area (Å²) in [6.45, 7) is 9.68. The van der Waals surface area contributed by atoms with Crippen LogP contribution in [0.4, 0.5) is 0 Å². The third kappa shape index (κ3) is 5.86. The van der Waals surface area contributed by atoms with Crippen molar-refractivity contribution in [3.8, 4) is 11.5 Å². The normalized spacial score (nSPS) is 41.7. The van der Waals surface area contributed by atoms with Crippen molar-refractivity contribution < 1.29 is 43.6 Å². The summed E-state index contributed by atoms with van der Waals surface area (Å²) in [6, 6.07) is 15.3. The molecule has 9 nitrogen and oxygen atoms in total. The van der Waals surface area contributed by atoms with Crippen LogP contribution in [-0.4, -0.2) is 61.4 Å². The number of ether oxygens (including phenoxy) is 4. The van der Waals surface area contributed by atoms with Gasteiger partial charge in [0, 0.05) is 23.7 Å². The smallest absolute Gasteiger partial charge is 0.207 e. The van der Waals surface area contributed by atoms with Crippen LogP contribution in [0, 0.1) is 47.3 Å². The van der Waals surface area contributed by atoms with Gasteiger partial charge in [-0.15, -0.1) is 0 Å². The standard InChI is InChI=1S/C43H52O9/c1-25(40-23-47-42(51-49-40)33-13-27-11-28(15-33)16-34(42)14-27)31-3-7-38(8-4-31)45-21-37(44)22-46-39-9-5-32(6-10-39)26(2)41-24-48-43(52-50-41)35-17-29-12-30(19-35)20-36(43)18-29/h3-10,27-30,33-37,40-41,44H,1-2,11-24H2. The Labute approximate surface area is 306 Å². The van der Waals surface area contributed by atoms with Gasteiger partial charge in [0.15, 0.2) is 0 Å². The van der Waals surface area contributed by atoms with Gasteiger partial charge in [-0.05, 0) is 134 Å². The van der Waals surface area contributed by atoms with Crippen molar-refractivity contribution in [3.63, 3.8) is 0 Å². The first-order valence-corrected chi connectivity index (χ1v) is 19.8. The van der Waals surface area contributed by atoms with Crippen molar-refractivity contribution in [3.05, 3.63) is 72.8 Å². The van der Waals surface area contributed by atoms with Crippen molar-refractivity contribution in [2.75, 3.05) is 26.4 Å². The molecule has 10 aliphatic rings. The van der Waals surface area contributed by atoms with E-state index in [1.807, 2.05) is 48.5 Å². The number of hydrogen-bond acceptors (Lipinski definition) is 9. The molecule has 8 saturated carbocycles. The molecule has 8 aliphatic carbocycles. The van der Waals surface area contributed by atoms with E-state index in [4.69, 9.17) is 38.5 Å². The lowest BCUT2D eigenvalue weighted by molar-refractivity contribution is -0.517. The Balaban J connectivity index is 0.659. The molecule has 9 heteroatoms. The number of benzene rings is 2. The Bertz CT molecular complexity index is 1450. The Morgan fingerprint density at radius 3 is 1.23 bits per heavy atom. The highest BCUT2D eigenvalue weighted by molar-refractivity contribution is 5.68. The van der Waals surface area contributed by atoms with Crippen LogP contribution < -0.4 is 9.47 Å². The summed E-state index contributed by atoms with van der Waals surface area (Å²) in [5, 5.41) is 10.6. The SMILES string of the molecule is C=C(c1ccc(OCC(O)COc2ccc(C(=C)C3COC4(OO3)C3CC5CC(C3)CC4C5)cc2)cc1)C1COC2(OO1)C1CC3CC(C1)CC2C3. The summed E-state index contributed by atoms with van der Waals surface area (Å²) < 4.78 is 24.8. The highest BCUT2D eigenvalue weighted by Crippen LogP contribution is 2.62. The fourth-order valence-electron chi connectivity index (χ4n) is 11.9. The topological polar surface area (TPSA) is 94.1 Å². The van der Waals surface area contributed by atoms with E-state index in [9.17, 15) is 5.11 Å². The van der Waals surface area contributed by atoms with E-state index < -0.39 is 17.7 Å². The lowest BCUT2D eigenvalue weighted by Crippen LogP contribution is -2.63. The second kappa shape index (κ2) is 13.2. The maximum atomic E-state index is 10.6. The third-order valence-electron chi connectivity index (χ3n) is 14.2. The molecule has 0 amide bonds. The third-order valence-corrected chi connectivity index (χ3v) is 14.2. The van der Waals surface area contributed by atoms with E-state index in [2.05, 4.69) is 13.2 Å². The van der Waals surface area contributed by atoms with Crippen LogP contribution in [0.1, 0.15) is 75.3 Å². The first-order valence-electron chi connectivity index (χ1n) is 19.8. The molecule has 2 saturated heterocycles. The molecule has 12 rings (SSSR count). The molecule has 2 unspecified atom stereocenters. The summed E-state index contributed by atoms with van der Waals surface area (Å²) in [4.78, 5) is 24.3. The Hall–Kier alpha value is -2.76. The van der Waals surface area contributed by atoms with Crippen LogP contribution in [-0.2, 0) is 29.0 Å². The maximum Gasteiger partial charge on any atom is 0.207 e. The van der Waals surface area contributed by atoms with E-state index in [1.165, 1.54) is 64.2 Å². The molecule has 10 fully saturated rings. The molecule has 2 heterocycles. The summed E-state index contributed by atoms with van der Waals surface area (Å²) in [6.07, 6.45) is 10.8. The molecule has 8 bridgehead atoms. The molecule has 2 aromatic carbocycles. The zero-order valence-electron chi connectivity index (χ0n) is 30.0. The summed E-state index contributed by atoms with van der Waals surface area (Å²) in [5.41, 5.74) is 3.49. The summed E-state index contributed by atoms with van der Waals surface area (Å²) in [5.74, 6) is 5.24. The zero-order chi connectivity index (χ0) is 35.0. The minimum atomic E-state index is -0.811. The average molecular weight is 713 g/mol. The van der Waals surface area contributed by atoms with Gasteiger partial charge in [0.2, 0.25) is 11.6 Å². The van der Waals surface area contributed by atoms with Gasteiger partial charge in [-0.2, -0.15) is 9.78 Å².